The Morgan fingerprint density at radius 3 is 2.50 bits per heavy atom. The maximum absolute atomic E-state index is 12.0. The summed E-state index contributed by atoms with van der Waals surface area (Å²) >= 11 is 0. The molecule has 0 spiro atoms. The lowest BCUT2D eigenvalue weighted by Crippen LogP contribution is -2.19. The Bertz CT molecular complexity index is 828. The summed E-state index contributed by atoms with van der Waals surface area (Å²) in [5, 5.41) is 7.95. The van der Waals surface area contributed by atoms with Gasteiger partial charge in [0, 0.05) is 11.1 Å². The second-order valence-corrected chi connectivity index (χ2v) is 5.59. The Labute approximate surface area is 153 Å². The number of hydrogen-bond acceptors (Lipinski definition) is 6. The molecule has 26 heavy (non-hydrogen) atoms. The van der Waals surface area contributed by atoms with E-state index in [1.54, 1.807) is 12.1 Å². The SMILES string of the molecule is CO/N=C(\C(=O)OC)c1ccccc1CO/N=C(\C)c1cccc(C)c1. The Morgan fingerprint density at radius 2 is 1.81 bits per heavy atom. The number of hydrogen-bond donors (Lipinski definition) is 0. The molecule has 2 aromatic carbocycles. The van der Waals surface area contributed by atoms with Gasteiger partial charge in [-0.3, -0.25) is 0 Å². The Balaban J connectivity index is 2.19. The number of methoxy groups -OCH3 is 1. The number of rotatable bonds is 7. The van der Waals surface area contributed by atoms with Gasteiger partial charge in [0.1, 0.15) is 13.7 Å². The van der Waals surface area contributed by atoms with E-state index in [1.165, 1.54) is 14.2 Å². The maximum Gasteiger partial charge on any atom is 0.360 e. The first kappa shape index (κ1) is 19.2. The molecule has 0 radical (unpaired) electrons. The minimum Gasteiger partial charge on any atom is -0.464 e. The first-order chi connectivity index (χ1) is 12.6. The first-order valence-corrected chi connectivity index (χ1v) is 8.08. The maximum atomic E-state index is 12.0. The van der Waals surface area contributed by atoms with Crippen LogP contribution in [-0.4, -0.2) is 31.6 Å². The standard InChI is InChI=1S/C20H22N2O4/c1-14-8-7-10-16(12-14)15(2)21-26-13-17-9-5-6-11-18(17)19(22-25-4)20(23)24-3/h5-12H,13H2,1-4H3/b21-15+,22-19-. The fourth-order valence-electron chi connectivity index (χ4n) is 2.38. The molecular formula is C20H22N2O4. The largest absolute Gasteiger partial charge is 0.464 e. The molecular weight excluding hydrogens is 332 g/mol. The summed E-state index contributed by atoms with van der Waals surface area (Å²) in [6.45, 7) is 4.09. The zero-order chi connectivity index (χ0) is 18.9. The van der Waals surface area contributed by atoms with Crippen LogP contribution >= 0.6 is 0 Å². The quantitative estimate of drug-likeness (QED) is 0.434. The summed E-state index contributed by atoms with van der Waals surface area (Å²) in [6, 6.07) is 15.3. The van der Waals surface area contributed by atoms with Crippen LogP contribution in [0.25, 0.3) is 0 Å². The third-order valence-electron chi connectivity index (χ3n) is 3.69. The van der Waals surface area contributed by atoms with E-state index in [0.717, 1.165) is 22.4 Å². The van der Waals surface area contributed by atoms with Crippen molar-refractivity contribution in [2.24, 2.45) is 10.3 Å². The van der Waals surface area contributed by atoms with Crippen LogP contribution < -0.4 is 0 Å². The number of nitrogens with zero attached hydrogens (tertiary/aromatic N) is 2. The number of aryl methyl sites for hydroxylation is 1. The molecule has 0 unspecified atom stereocenters. The Hall–Kier alpha value is -3.15. The van der Waals surface area contributed by atoms with Gasteiger partial charge < -0.3 is 14.4 Å². The van der Waals surface area contributed by atoms with Gasteiger partial charge in [0.05, 0.1) is 12.8 Å². The van der Waals surface area contributed by atoms with Gasteiger partial charge in [-0.25, -0.2) is 4.79 Å². The molecule has 0 aliphatic rings. The molecule has 0 amide bonds. The third-order valence-corrected chi connectivity index (χ3v) is 3.69. The lowest BCUT2D eigenvalue weighted by Gasteiger charge is -2.10. The van der Waals surface area contributed by atoms with Gasteiger partial charge >= 0.3 is 5.97 Å². The molecule has 0 saturated carbocycles. The summed E-state index contributed by atoms with van der Waals surface area (Å²) < 4.78 is 4.77. The van der Waals surface area contributed by atoms with Crippen LogP contribution in [-0.2, 0) is 25.8 Å². The zero-order valence-corrected chi connectivity index (χ0v) is 15.4. The highest BCUT2D eigenvalue weighted by Crippen LogP contribution is 2.14. The molecule has 6 heteroatoms. The average Bonchev–Trinajstić information content (AvgIpc) is 2.66. The predicted octanol–water partition coefficient (Wildman–Crippen LogP) is 3.46. The molecule has 0 heterocycles. The van der Waals surface area contributed by atoms with E-state index < -0.39 is 5.97 Å². The van der Waals surface area contributed by atoms with Crippen LogP contribution in [0.3, 0.4) is 0 Å². The van der Waals surface area contributed by atoms with Crippen LogP contribution in [0, 0.1) is 6.92 Å². The van der Waals surface area contributed by atoms with Crippen molar-refractivity contribution in [3.63, 3.8) is 0 Å². The van der Waals surface area contributed by atoms with E-state index in [0.29, 0.717) is 5.56 Å². The average molecular weight is 354 g/mol. The summed E-state index contributed by atoms with van der Waals surface area (Å²) in [6.07, 6.45) is 0. The fraction of sp³-hybridized carbons (Fsp3) is 0.250. The number of esters is 1. The van der Waals surface area contributed by atoms with Gasteiger partial charge in [-0.15, -0.1) is 0 Å². The molecule has 0 atom stereocenters. The molecule has 136 valence electrons. The van der Waals surface area contributed by atoms with Gasteiger partial charge in [0.15, 0.2) is 5.71 Å². The molecule has 0 saturated heterocycles. The molecule has 0 aromatic heterocycles. The normalized spacial score (nSPS) is 11.8. The van der Waals surface area contributed by atoms with Gasteiger partial charge in [-0.05, 0) is 19.4 Å². The number of benzene rings is 2. The summed E-state index contributed by atoms with van der Waals surface area (Å²) in [5.41, 5.74) is 4.31. The van der Waals surface area contributed by atoms with Crippen molar-refractivity contribution < 1.29 is 19.2 Å². The fourth-order valence-corrected chi connectivity index (χ4v) is 2.38. The monoisotopic (exact) mass is 354 g/mol. The van der Waals surface area contributed by atoms with E-state index in [1.807, 2.05) is 50.2 Å². The highest BCUT2D eigenvalue weighted by molar-refractivity contribution is 6.43. The van der Waals surface area contributed by atoms with Crippen molar-refractivity contribution in [3.8, 4) is 0 Å². The smallest absolute Gasteiger partial charge is 0.360 e. The van der Waals surface area contributed by atoms with Gasteiger partial charge in [0.2, 0.25) is 0 Å². The highest BCUT2D eigenvalue weighted by atomic mass is 16.6. The second kappa shape index (κ2) is 9.36. The van der Waals surface area contributed by atoms with E-state index >= 15 is 0 Å². The van der Waals surface area contributed by atoms with Crippen molar-refractivity contribution >= 4 is 17.4 Å². The Kier molecular flexibility index (Phi) is 6.91. The molecule has 0 aliphatic heterocycles. The zero-order valence-electron chi connectivity index (χ0n) is 15.4. The number of carbonyl (C=O) groups excluding carboxylic acids is 1. The van der Waals surface area contributed by atoms with Crippen molar-refractivity contribution in [1.82, 2.24) is 0 Å². The van der Waals surface area contributed by atoms with E-state index in [9.17, 15) is 4.79 Å². The molecule has 6 nitrogen and oxygen atoms in total. The minimum absolute atomic E-state index is 0.0774. The van der Waals surface area contributed by atoms with Gasteiger partial charge in [-0.2, -0.15) is 0 Å². The third kappa shape index (κ3) is 4.92. The summed E-state index contributed by atoms with van der Waals surface area (Å²) in [4.78, 5) is 22.2. The van der Waals surface area contributed by atoms with E-state index in [2.05, 4.69) is 10.3 Å². The van der Waals surface area contributed by atoms with E-state index in [4.69, 9.17) is 14.4 Å². The van der Waals surface area contributed by atoms with Gasteiger partial charge in [0.25, 0.3) is 0 Å². The topological polar surface area (TPSA) is 69.5 Å². The van der Waals surface area contributed by atoms with Gasteiger partial charge in [-0.1, -0.05) is 64.4 Å². The van der Waals surface area contributed by atoms with Crippen LogP contribution in [0.15, 0.2) is 58.8 Å². The van der Waals surface area contributed by atoms with Crippen molar-refractivity contribution in [3.05, 3.63) is 70.8 Å². The molecule has 0 aliphatic carbocycles. The lowest BCUT2D eigenvalue weighted by molar-refractivity contribution is -0.132. The van der Waals surface area contributed by atoms with Crippen LogP contribution in [0.5, 0.6) is 0 Å². The second-order valence-electron chi connectivity index (χ2n) is 5.59. The van der Waals surface area contributed by atoms with Crippen LogP contribution in [0.2, 0.25) is 0 Å². The van der Waals surface area contributed by atoms with Crippen molar-refractivity contribution in [2.75, 3.05) is 14.2 Å². The number of carbonyl (C=O) groups is 1. The van der Waals surface area contributed by atoms with E-state index in [-0.39, 0.29) is 12.3 Å². The van der Waals surface area contributed by atoms with Crippen LogP contribution in [0.1, 0.15) is 29.2 Å². The predicted molar refractivity (Wildman–Crippen MR) is 100 cm³/mol. The molecule has 2 aromatic rings. The number of ether oxygens (including phenoxy) is 1. The minimum atomic E-state index is -0.584. The molecule has 0 bridgehead atoms. The van der Waals surface area contributed by atoms with Crippen LogP contribution in [0.4, 0.5) is 0 Å². The Morgan fingerprint density at radius 1 is 1.04 bits per heavy atom. The highest BCUT2D eigenvalue weighted by Gasteiger charge is 2.19. The molecule has 0 N–H and O–H groups in total. The lowest BCUT2D eigenvalue weighted by atomic mass is 10.0. The number of oxime groups is 2. The summed E-state index contributed by atoms with van der Waals surface area (Å²) in [7, 11) is 2.67. The van der Waals surface area contributed by atoms with Crippen molar-refractivity contribution in [1.29, 1.82) is 0 Å². The first-order valence-electron chi connectivity index (χ1n) is 8.08. The summed E-state index contributed by atoms with van der Waals surface area (Å²) in [5.74, 6) is -0.584. The molecule has 2 rings (SSSR count). The molecule has 0 fully saturated rings. The van der Waals surface area contributed by atoms with Crippen molar-refractivity contribution in [2.45, 2.75) is 20.5 Å².